The Morgan fingerprint density at radius 2 is 1.95 bits per heavy atom. The number of nitrogens with zero attached hydrogens (tertiary/aromatic N) is 1. The first-order valence-electron chi connectivity index (χ1n) is 5.35. The first-order valence-corrected chi connectivity index (χ1v) is 6.52. The largest absolute Gasteiger partial charge is 0.453 e. The quantitative estimate of drug-likeness (QED) is 0.751. The van der Waals surface area contributed by atoms with Crippen LogP contribution in [0.2, 0.25) is 5.02 Å². The van der Waals surface area contributed by atoms with Crippen molar-refractivity contribution < 1.29 is 9.13 Å². The van der Waals surface area contributed by atoms with E-state index in [0.29, 0.717) is 10.8 Å². The van der Waals surface area contributed by atoms with Gasteiger partial charge in [0.1, 0.15) is 11.8 Å². The van der Waals surface area contributed by atoms with Crippen LogP contribution in [0.4, 0.5) is 4.39 Å². The molecule has 0 atom stereocenters. The molecule has 0 aliphatic carbocycles. The monoisotopic (exact) mass is 339 g/mol. The predicted octanol–water partition coefficient (Wildman–Crippen LogP) is 5.21. The third-order valence-corrected chi connectivity index (χ3v) is 3.55. The molecule has 0 heterocycles. The van der Waals surface area contributed by atoms with Crippen molar-refractivity contribution in [1.82, 2.24) is 0 Å². The van der Waals surface area contributed by atoms with Crippen LogP contribution in [0.1, 0.15) is 11.1 Å². The fraction of sp³-hybridized carbons (Fsp3) is 0.0714. The van der Waals surface area contributed by atoms with Crippen LogP contribution in [0.3, 0.4) is 0 Å². The lowest BCUT2D eigenvalue weighted by atomic mass is 10.2. The van der Waals surface area contributed by atoms with E-state index in [0.717, 1.165) is 5.56 Å². The van der Waals surface area contributed by atoms with Gasteiger partial charge in [-0.2, -0.15) is 5.26 Å². The van der Waals surface area contributed by atoms with Crippen LogP contribution in [-0.2, 0) is 0 Å². The minimum absolute atomic E-state index is 0.0108. The Balaban J connectivity index is 2.39. The van der Waals surface area contributed by atoms with Crippen LogP contribution in [0.25, 0.3) is 0 Å². The molecule has 2 aromatic carbocycles. The number of hydrogen-bond donors (Lipinski definition) is 0. The summed E-state index contributed by atoms with van der Waals surface area (Å²) in [5, 5.41) is 9.19. The highest BCUT2D eigenvalue weighted by Crippen LogP contribution is 2.34. The molecule has 0 amide bonds. The van der Waals surface area contributed by atoms with E-state index in [9.17, 15) is 4.39 Å². The van der Waals surface area contributed by atoms with Crippen LogP contribution in [0.15, 0.2) is 34.8 Å². The lowest BCUT2D eigenvalue weighted by Crippen LogP contribution is -1.92. The second kappa shape index (κ2) is 5.60. The van der Waals surface area contributed by atoms with Crippen LogP contribution in [0, 0.1) is 24.1 Å². The summed E-state index contributed by atoms with van der Waals surface area (Å²) < 4.78 is 19.5. The van der Waals surface area contributed by atoms with E-state index in [4.69, 9.17) is 21.6 Å². The molecule has 2 aromatic rings. The number of rotatable bonds is 2. The molecule has 0 saturated heterocycles. The molecule has 0 aromatic heterocycles. The fourth-order valence-corrected chi connectivity index (χ4v) is 2.19. The zero-order chi connectivity index (χ0) is 14.0. The Labute approximate surface area is 123 Å². The lowest BCUT2D eigenvalue weighted by Gasteiger charge is -2.10. The molecule has 0 unspecified atom stereocenters. The van der Waals surface area contributed by atoms with Gasteiger partial charge >= 0.3 is 0 Å². The van der Waals surface area contributed by atoms with Crippen LogP contribution >= 0.6 is 27.5 Å². The standard InChI is InChI=1S/C14H8BrClFNO/c1-8-2-4-11(10(16)6-8)19-12-5-3-9(7-18)13(15)14(12)17/h2-6H,1H3. The summed E-state index contributed by atoms with van der Waals surface area (Å²) in [6.07, 6.45) is 0. The van der Waals surface area contributed by atoms with Crippen molar-refractivity contribution in [2.75, 3.05) is 0 Å². The summed E-state index contributed by atoms with van der Waals surface area (Å²) in [4.78, 5) is 0. The molecule has 96 valence electrons. The van der Waals surface area contributed by atoms with Crippen molar-refractivity contribution in [2.45, 2.75) is 6.92 Å². The number of benzene rings is 2. The Kier molecular flexibility index (Phi) is 4.08. The summed E-state index contributed by atoms with van der Waals surface area (Å²) in [5.74, 6) is -0.255. The fourth-order valence-electron chi connectivity index (χ4n) is 1.50. The Hall–Kier alpha value is -1.57. The minimum Gasteiger partial charge on any atom is -0.453 e. The molecule has 2 nitrogen and oxygen atoms in total. The average Bonchev–Trinajstić information content (AvgIpc) is 2.38. The summed E-state index contributed by atoms with van der Waals surface area (Å²) in [5.41, 5.74) is 1.19. The van der Waals surface area contributed by atoms with Crippen LogP contribution in [0.5, 0.6) is 11.5 Å². The van der Waals surface area contributed by atoms with Crippen molar-refractivity contribution >= 4 is 27.5 Å². The van der Waals surface area contributed by atoms with E-state index in [1.54, 1.807) is 12.1 Å². The van der Waals surface area contributed by atoms with Crippen molar-refractivity contribution in [1.29, 1.82) is 5.26 Å². The Morgan fingerprint density at radius 1 is 1.26 bits per heavy atom. The van der Waals surface area contributed by atoms with Gasteiger partial charge in [0.05, 0.1) is 15.1 Å². The van der Waals surface area contributed by atoms with Gasteiger partial charge in [0.2, 0.25) is 0 Å². The number of nitriles is 1. The van der Waals surface area contributed by atoms with Gasteiger partial charge in [-0.05, 0) is 52.7 Å². The van der Waals surface area contributed by atoms with Gasteiger partial charge in [-0.3, -0.25) is 0 Å². The highest BCUT2D eigenvalue weighted by Gasteiger charge is 2.14. The van der Waals surface area contributed by atoms with E-state index < -0.39 is 5.82 Å². The van der Waals surface area contributed by atoms with Crippen molar-refractivity contribution in [2.24, 2.45) is 0 Å². The van der Waals surface area contributed by atoms with Crippen molar-refractivity contribution in [3.8, 4) is 17.6 Å². The molecular weight excluding hydrogens is 333 g/mol. The Bertz CT molecular complexity index is 682. The minimum atomic E-state index is -0.629. The molecule has 0 N–H and O–H groups in total. The highest BCUT2D eigenvalue weighted by molar-refractivity contribution is 9.10. The number of hydrogen-bond acceptors (Lipinski definition) is 2. The van der Waals surface area contributed by atoms with Crippen molar-refractivity contribution in [3.63, 3.8) is 0 Å². The van der Waals surface area contributed by atoms with Gasteiger partial charge in [-0.25, -0.2) is 4.39 Å². The average molecular weight is 341 g/mol. The second-order valence-electron chi connectivity index (χ2n) is 3.89. The maximum absolute atomic E-state index is 14.0. The van der Waals surface area contributed by atoms with E-state index in [1.165, 1.54) is 12.1 Å². The summed E-state index contributed by atoms with van der Waals surface area (Å²) in [7, 11) is 0. The SMILES string of the molecule is Cc1ccc(Oc2ccc(C#N)c(Br)c2F)c(Cl)c1. The first kappa shape index (κ1) is 13.9. The molecule has 0 radical (unpaired) electrons. The molecule has 0 bridgehead atoms. The lowest BCUT2D eigenvalue weighted by molar-refractivity contribution is 0.440. The topological polar surface area (TPSA) is 33.0 Å². The van der Waals surface area contributed by atoms with Gasteiger partial charge in [0.25, 0.3) is 0 Å². The molecule has 19 heavy (non-hydrogen) atoms. The van der Waals surface area contributed by atoms with Gasteiger partial charge in [-0.1, -0.05) is 17.7 Å². The zero-order valence-electron chi connectivity index (χ0n) is 9.88. The number of halogens is 3. The molecule has 0 aliphatic rings. The van der Waals surface area contributed by atoms with Gasteiger partial charge < -0.3 is 4.74 Å². The third kappa shape index (κ3) is 2.89. The molecule has 0 spiro atoms. The smallest absolute Gasteiger partial charge is 0.181 e. The molecule has 0 fully saturated rings. The zero-order valence-corrected chi connectivity index (χ0v) is 12.2. The summed E-state index contributed by atoms with van der Waals surface area (Å²) in [6, 6.07) is 9.97. The van der Waals surface area contributed by atoms with E-state index in [1.807, 2.05) is 19.1 Å². The molecule has 5 heteroatoms. The highest BCUT2D eigenvalue weighted by atomic mass is 79.9. The number of ether oxygens (including phenoxy) is 1. The van der Waals surface area contributed by atoms with E-state index in [-0.39, 0.29) is 15.8 Å². The molecular formula is C14H8BrClFNO. The van der Waals surface area contributed by atoms with Gasteiger partial charge in [0, 0.05) is 0 Å². The molecule has 0 saturated carbocycles. The Morgan fingerprint density at radius 3 is 2.58 bits per heavy atom. The van der Waals surface area contributed by atoms with E-state index >= 15 is 0 Å². The maximum atomic E-state index is 14.0. The number of aryl methyl sites for hydroxylation is 1. The predicted molar refractivity (Wildman–Crippen MR) is 75.1 cm³/mol. The normalized spacial score (nSPS) is 10.1. The van der Waals surface area contributed by atoms with Crippen LogP contribution < -0.4 is 4.74 Å². The van der Waals surface area contributed by atoms with Gasteiger partial charge in [0.15, 0.2) is 11.6 Å². The summed E-state index contributed by atoms with van der Waals surface area (Å²) in [6.45, 7) is 1.90. The second-order valence-corrected chi connectivity index (χ2v) is 5.09. The van der Waals surface area contributed by atoms with E-state index in [2.05, 4.69) is 15.9 Å². The summed E-state index contributed by atoms with van der Waals surface area (Å²) >= 11 is 9.04. The molecule has 2 rings (SSSR count). The maximum Gasteiger partial charge on any atom is 0.181 e. The first-order chi connectivity index (χ1) is 9.02. The van der Waals surface area contributed by atoms with Gasteiger partial charge in [-0.15, -0.1) is 0 Å². The third-order valence-electron chi connectivity index (χ3n) is 2.47. The molecule has 0 aliphatic heterocycles. The van der Waals surface area contributed by atoms with Crippen LogP contribution in [-0.4, -0.2) is 0 Å². The van der Waals surface area contributed by atoms with Crippen molar-refractivity contribution in [3.05, 3.63) is 56.8 Å².